The monoisotopic (exact) mass is 799 g/mol. The van der Waals surface area contributed by atoms with Crippen LogP contribution in [0, 0.1) is 22.2 Å². The third-order valence-corrected chi connectivity index (χ3v) is 11.1. The molecule has 4 saturated carbocycles. The molecule has 6 N–H and O–H groups in total. The number of hydroxylamine groups is 1. The van der Waals surface area contributed by atoms with E-state index in [-0.39, 0.29) is 40.9 Å². The van der Waals surface area contributed by atoms with E-state index in [0.717, 1.165) is 102 Å². The summed E-state index contributed by atoms with van der Waals surface area (Å²) in [7, 11) is 1.43. The van der Waals surface area contributed by atoms with Gasteiger partial charge < -0.3 is 40.2 Å². The SMILES string of the molecule is CC12CCCCC1=NOC2=O.CCOC(=O)C1(C)CCCCC1=O.CCOC(=O)C1CCCCC1=O.CNO.C[C@@]1(C(=O)O)CCCC[C@@H]1N.OC1CCCO1. The molecule has 1 saturated heterocycles. The minimum absolute atomic E-state index is 0.0391. The van der Waals surface area contributed by atoms with Crippen molar-refractivity contribution in [1.29, 1.82) is 0 Å². The number of carboxylic acids is 1. The summed E-state index contributed by atoms with van der Waals surface area (Å²) in [6.45, 7) is 10.3. The zero-order valence-corrected chi connectivity index (χ0v) is 34.5. The van der Waals surface area contributed by atoms with Crippen molar-refractivity contribution in [2.24, 2.45) is 33.1 Å². The van der Waals surface area contributed by atoms with Crippen LogP contribution in [-0.2, 0) is 47.8 Å². The second-order valence-corrected chi connectivity index (χ2v) is 15.4. The van der Waals surface area contributed by atoms with Gasteiger partial charge in [-0.15, -0.1) is 0 Å². The molecule has 0 aromatic rings. The summed E-state index contributed by atoms with van der Waals surface area (Å²) < 4.78 is 14.4. The Labute approximate surface area is 331 Å². The molecule has 6 atom stereocenters. The van der Waals surface area contributed by atoms with Crippen LogP contribution in [-0.4, -0.2) is 95.8 Å². The Morgan fingerprint density at radius 3 is 1.91 bits per heavy atom. The van der Waals surface area contributed by atoms with Gasteiger partial charge in [0.1, 0.15) is 28.3 Å². The second kappa shape index (κ2) is 25.8. The molecular weight excluding hydrogens is 730 g/mol. The molecule has 6 aliphatic rings. The number of hydrogen-bond acceptors (Lipinski definition) is 15. The summed E-state index contributed by atoms with van der Waals surface area (Å²) in [4.78, 5) is 72.0. The highest BCUT2D eigenvalue weighted by Crippen LogP contribution is 2.38. The lowest BCUT2D eigenvalue weighted by atomic mass is 9.72. The summed E-state index contributed by atoms with van der Waals surface area (Å²) in [6.07, 6.45) is 15.3. The summed E-state index contributed by atoms with van der Waals surface area (Å²) in [5.41, 5.74) is 6.55. The lowest BCUT2D eigenvalue weighted by Crippen LogP contribution is -2.47. The largest absolute Gasteiger partial charge is 0.481 e. The van der Waals surface area contributed by atoms with E-state index >= 15 is 0 Å². The summed E-state index contributed by atoms with van der Waals surface area (Å²) >= 11 is 0. The number of aliphatic carboxylic acids is 1. The number of nitrogens with zero attached hydrogens (tertiary/aromatic N) is 1. The van der Waals surface area contributed by atoms with Gasteiger partial charge in [-0.3, -0.25) is 24.0 Å². The minimum Gasteiger partial charge on any atom is -0.481 e. The Morgan fingerprint density at radius 1 is 0.839 bits per heavy atom. The first-order chi connectivity index (χ1) is 26.5. The average molecular weight is 800 g/mol. The first-order valence-electron chi connectivity index (χ1n) is 20.3. The summed E-state index contributed by atoms with van der Waals surface area (Å²) in [6, 6.07) is -0.159. The Balaban J connectivity index is 0.000000348. The molecule has 0 aromatic carbocycles. The molecule has 0 aromatic heterocycles. The lowest BCUT2D eigenvalue weighted by Gasteiger charge is -2.35. The van der Waals surface area contributed by atoms with Gasteiger partial charge in [-0.25, -0.2) is 10.3 Å². The Kier molecular flexibility index (Phi) is 23.4. The zero-order chi connectivity index (χ0) is 42.4. The van der Waals surface area contributed by atoms with Gasteiger partial charge in [0.15, 0.2) is 6.29 Å². The fraction of sp³-hybridized carbons (Fsp3) is 0.825. The van der Waals surface area contributed by atoms with Crippen LogP contribution in [0.2, 0.25) is 0 Å². The van der Waals surface area contributed by atoms with E-state index in [0.29, 0.717) is 38.9 Å². The van der Waals surface area contributed by atoms with Crippen molar-refractivity contribution in [3.8, 4) is 0 Å². The Morgan fingerprint density at radius 2 is 1.43 bits per heavy atom. The van der Waals surface area contributed by atoms with Gasteiger partial charge >= 0.3 is 23.9 Å². The third kappa shape index (κ3) is 15.6. The molecule has 5 fully saturated rings. The minimum atomic E-state index is -0.853. The molecule has 0 bridgehead atoms. The van der Waals surface area contributed by atoms with E-state index in [1.54, 1.807) is 33.2 Å². The quantitative estimate of drug-likeness (QED) is 0.104. The van der Waals surface area contributed by atoms with Gasteiger partial charge in [0, 0.05) is 39.0 Å². The number of nitrogens with two attached hydrogens (primary N) is 1. The van der Waals surface area contributed by atoms with Gasteiger partial charge in [-0.1, -0.05) is 37.3 Å². The molecule has 4 aliphatic carbocycles. The highest BCUT2D eigenvalue weighted by Gasteiger charge is 2.47. The Bertz CT molecular complexity index is 1300. The van der Waals surface area contributed by atoms with Crippen LogP contribution in [0.15, 0.2) is 5.16 Å². The number of ketones is 2. The number of Topliss-reactive ketones (excluding diaryl/α,β-unsaturated/α-hetero) is 2. The van der Waals surface area contributed by atoms with Crippen molar-refractivity contribution in [2.45, 2.75) is 163 Å². The van der Waals surface area contributed by atoms with Crippen LogP contribution in [0.25, 0.3) is 0 Å². The number of ether oxygens (including phenoxy) is 3. The molecule has 0 radical (unpaired) electrons. The van der Waals surface area contributed by atoms with Gasteiger partial charge in [-0.05, 0) is 98.8 Å². The van der Waals surface area contributed by atoms with Crippen LogP contribution in [0.3, 0.4) is 0 Å². The van der Waals surface area contributed by atoms with Gasteiger partial charge in [0.2, 0.25) is 0 Å². The predicted molar refractivity (Wildman–Crippen MR) is 206 cm³/mol. The number of carboxylic acid groups (broad SMARTS) is 1. The van der Waals surface area contributed by atoms with Crippen molar-refractivity contribution in [3.63, 3.8) is 0 Å². The molecule has 16 heteroatoms. The first-order valence-corrected chi connectivity index (χ1v) is 20.3. The van der Waals surface area contributed by atoms with E-state index < -0.39 is 29.0 Å². The molecule has 0 spiro atoms. The molecule has 2 aliphatic heterocycles. The van der Waals surface area contributed by atoms with E-state index in [2.05, 4.69) is 9.99 Å². The van der Waals surface area contributed by atoms with Crippen LogP contribution >= 0.6 is 0 Å². The van der Waals surface area contributed by atoms with Gasteiger partial charge in [-0.2, -0.15) is 0 Å². The number of hydrogen-bond donors (Lipinski definition) is 5. The van der Waals surface area contributed by atoms with Crippen LogP contribution < -0.4 is 11.2 Å². The number of nitrogens with one attached hydrogen (secondary N) is 1. The number of fused-ring (bicyclic) bond motifs is 1. The number of aliphatic hydroxyl groups is 1. The standard InChI is InChI=1S/C10H16O3.C9H14O3.C8H11NO2.C8H15NO2.C4H8O2.CH5NO/c1-3-13-9(12)10(2)7-5-4-6-8(10)11;1-2-12-9(11)7-5-3-4-6-8(7)10;1-8-5-3-2-4-6(8)9-11-7(8)10;1-8(7(10)11)5-3-2-4-6(8)9;5-4-2-1-3-6-4;1-2-3/h3-7H2,1-2H3;7H,2-6H2,1H3;2-5H2,1H3;6H,2-5,9H2,1H3,(H,10,11);4-5H,1-3H2;2-3H,1H3/t;;;6-,8+;;/m...0../s1. The van der Waals surface area contributed by atoms with Gasteiger partial charge in [0.05, 0.1) is 24.3 Å². The molecule has 56 heavy (non-hydrogen) atoms. The van der Waals surface area contributed by atoms with Crippen molar-refractivity contribution < 1.29 is 63.2 Å². The number of esters is 2. The maximum atomic E-state index is 11.5. The number of carbonyl (C=O) groups is 6. The maximum Gasteiger partial charge on any atom is 0.346 e. The van der Waals surface area contributed by atoms with Crippen molar-refractivity contribution in [2.75, 3.05) is 26.9 Å². The maximum absolute atomic E-state index is 11.5. The number of oxime groups is 1. The zero-order valence-electron chi connectivity index (χ0n) is 34.5. The summed E-state index contributed by atoms with van der Waals surface area (Å²) in [5, 5.41) is 28.5. The highest BCUT2D eigenvalue weighted by molar-refractivity contribution is 6.09. The smallest absolute Gasteiger partial charge is 0.346 e. The molecule has 4 unspecified atom stereocenters. The van der Waals surface area contributed by atoms with Crippen molar-refractivity contribution in [3.05, 3.63) is 0 Å². The normalized spacial score (nSPS) is 30.4. The Hall–Kier alpha value is -3.31. The number of aliphatic hydroxyl groups excluding tert-OH is 1. The topological polar surface area (TPSA) is 250 Å². The first kappa shape index (κ1) is 50.7. The molecule has 2 heterocycles. The van der Waals surface area contributed by atoms with Crippen molar-refractivity contribution >= 4 is 41.2 Å². The molecular formula is C40H69N3O13. The highest BCUT2D eigenvalue weighted by atomic mass is 16.7. The lowest BCUT2D eigenvalue weighted by molar-refractivity contribution is -0.161. The van der Waals surface area contributed by atoms with Gasteiger partial charge in [0.25, 0.3) is 0 Å². The third-order valence-electron chi connectivity index (χ3n) is 11.1. The predicted octanol–water partition coefficient (Wildman–Crippen LogP) is 5.18. The number of rotatable bonds is 5. The molecule has 16 nitrogen and oxygen atoms in total. The fourth-order valence-corrected chi connectivity index (χ4v) is 7.10. The van der Waals surface area contributed by atoms with Crippen molar-refractivity contribution in [1.82, 2.24) is 5.48 Å². The second-order valence-electron chi connectivity index (χ2n) is 15.4. The van der Waals surface area contributed by atoms with Crippen LogP contribution in [0.5, 0.6) is 0 Å². The average Bonchev–Trinajstić information content (AvgIpc) is 3.77. The summed E-state index contributed by atoms with van der Waals surface area (Å²) in [5.74, 6) is -1.95. The molecule has 6 rings (SSSR count). The molecule has 0 amide bonds. The number of carbonyl (C=O) groups excluding carboxylic acids is 5. The van der Waals surface area contributed by atoms with Crippen LogP contribution in [0.4, 0.5) is 0 Å². The van der Waals surface area contributed by atoms with E-state index in [1.807, 2.05) is 6.92 Å². The molecule has 322 valence electrons. The van der Waals surface area contributed by atoms with E-state index in [1.165, 1.54) is 7.05 Å². The fourth-order valence-electron chi connectivity index (χ4n) is 7.10. The van der Waals surface area contributed by atoms with E-state index in [9.17, 15) is 28.8 Å². The van der Waals surface area contributed by atoms with Crippen LogP contribution in [0.1, 0.15) is 150 Å². The van der Waals surface area contributed by atoms with E-state index in [4.69, 9.17) is 35.4 Å².